The molecule has 0 bridgehead atoms. The van der Waals surface area contributed by atoms with Gasteiger partial charge in [0.2, 0.25) is 0 Å². The Morgan fingerprint density at radius 3 is 2.69 bits per heavy atom. The molecule has 0 radical (unpaired) electrons. The summed E-state index contributed by atoms with van der Waals surface area (Å²) in [5.74, 6) is 3.39. The zero-order valence-corrected chi connectivity index (χ0v) is 12.1. The minimum atomic E-state index is 0.719. The van der Waals surface area contributed by atoms with Gasteiger partial charge in [-0.1, -0.05) is 13.8 Å². The van der Waals surface area contributed by atoms with Gasteiger partial charge < -0.3 is 10.2 Å². The predicted octanol–water partition coefficient (Wildman–Crippen LogP) is 2.45. The van der Waals surface area contributed by atoms with Crippen molar-refractivity contribution in [1.29, 1.82) is 0 Å². The third-order valence-corrected chi connectivity index (χ3v) is 4.52. The fourth-order valence-corrected chi connectivity index (χ4v) is 3.25. The number of hydrogen-bond donors (Lipinski definition) is 1. The molecule has 1 rings (SSSR count). The second kappa shape index (κ2) is 7.57. The number of rotatable bonds is 6. The minimum Gasteiger partial charge on any atom is -0.312 e. The smallest absolute Gasteiger partial charge is 0.0170 e. The lowest BCUT2D eigenvalue weighted by molar-refractivity contribution is 0.219. The minimum absolute atomic E-state index is 0.719. The van der Waals surface area contributed by atoms with Crippen LogP contribution in [0.25, 0.3) is 0 Å². The molecule has 2 unspecified atom stereocenters. The first kappa shape index (κ1) is 14.3. The second-order valence-corrected chi connectivity index (χ2v) is 6.62. The van der Waals surface area contributed by atoms with E-state index in [1.165, 1.54) is 37.4 Å². The Kier molecular flexibility index (Phi) is 6.78. The van der Waals surface area contributed by atoms with Crippen molar-refractivity contribution >= 4 is 11.8 Å². The quantitative estimate of drug-likeness (QED) is 0.772. The van der Waals surface area contributed by atoms with Crippen LogP contribution >= 0.6 is 11.8 Å². The van der Waals surface area contributed by atoms with E-state index in [0.717, 1.165) is 18.0 Å². The number of thioether (sulfide) groups is 1. The molecule has 0 aromatic heterocycles. The summed E-state index contributed by atoms with van der Waals surface area (Å²) >= 11 is 2.09. The second-order valence-electron chi connectivity index (χ2n) is 5.47. The Labute approximate surface area is 106 Å². The van der Waals surface area contributed by atoms with Crippen molar-refractivity contribution in [3.05, 3.63) is 0 Å². The molecule has 0 aromatic carbocycles. The summed E-state index contributed by atoms with van der Waals surface area (Å²) in [5.41, 5.74) is 0. The van der Waals surface area contributed by atoms with E-state index in [-0.39, 0.29) is 0 Å². The summed E-state index contributed by atoms with van der Waals surface area (Å²) < 4.78 is 0. The molecular weight excluding hydrogens is 216 g/mol. The van der Waals surface area contributed by atoms with Crippen molar-refractivity contribution < 1.29 is 0 Å². The van der Waals surface area contributed by atoms with E-state index in [1.807, 2.05) is 0 Å². The van der Waals surface area contributed by atoms with Crippen LogP contribution in [0.2, 0.25) is 0 Å². The molecule has 3 heteroatoms. The molecule has 1 N–H and O–H groups in total. The van der Waals surface area contributed by atoms with Crippen molar-refractivity contribution in [3.63, 3.8) is 0 Å². The van der Waals surface area contributed by atoms with Crippen molar-refractivity contribution in [2.75, 3.05) is 31.6 Å². The Morgan fingerprint density at radius 2 is 2.12 bits per heavy atom. The van der Waals surface area contributed by atoms with Crippen LogP contribution < -0.4 is 5.32 Å². The standard InChI is InChI=1S/C13H28N2S/c1-11(2)9-12(3)15(4)7-5-13-10-16-8-6-14-13/h11-14H,5-10H2,1-4H3. The monoisotopic (exact) mass is 244 g/mol. The van der Waals surface area contributed by atoms with Crippen LogP contribution in [-0.2, 0) is 0 Å². The summed E-state index contributed by atoms with van der Waals surface area (Å²) in [6.07, 6.45) is 2.61. The van der Waals surface area contributed by atoms with Crippen molar-refractivity contribution in [2.24, 2.45) is 5.92 Å². The summed E-state index contributed by atoms with van der Waals surface area (Å²) in [7, 11) is 2.27. The van der Waals surface area contributed by atoms with Crippen molar-refractivity contribution in [2.45, 2.75) is 45.7 Å². The highest BCUT2D eigenvalue weighted by Crippen LogP contribution is 2.13. The first-order valence-corrected chi connectivity index (χ1v) is 7.76. The number of nitrogens with zero attached hydrogens (tertiary/aromatic N) is 1. The van der Waals surface area contributed by atoms with Crippen LogP contribution in [-0.4, -0.2) is 48.6 Å². The predicted molar refractivity (Wildman–Crippen MR) is 75.3 cm³/mol. The lowest BCUT2D eigenvalue weighted by atomic mass is 10.0. The lowest BCUT2D eigenvalue weighted by Crippen LogP contribution is -2.41. The van der Waals surface area contributed by atoms with Gasteiger partial charge in [-0.2, -0.15) is 11.8 Å². The van der Waals surface area contributed by atoms with Crippen LogP contribution in [0.3, 0.4) is 0 Å². The molecule has 1 fully saturated rings. The van der Waals surface area contributed by atoms with Gasteiger partial charge in [0.1, 0.15) is 0 Å². The fourth-order valence-electron chi connectivity index (χ4n) is 2.25. The molecule has 0 saturated carbocycles. The Hall–Kier alpha value is 0.270. The van der Waals surface area contributed by atoms with E-state index in [0.29, 0.717) is 0 Å². The van der Waals surface area contributed by atoms with Gasteiger partial charge >= 0.3 is 0 Å². The van der Waals surface area contributed by atoms with Gasteiger partial charge in [0.25, 0.3) is 0 Å². The Morgan fingerprint density at radius 1 is 1.38 bits per heavy atom. The zero-order valence-electron chi connectivity index (χ0n) is 11.3. The number of nitrogens with one attached hydrogen (secondary N) is 1. The molecule has 0 aromatic rings. The third-order valence-electron chi connectivity index (χ3n) is 3.39. The van der Waals surface area contributed by atoms with Crippen molar-refractivity contribution in [3.8, 4) is 0 Å². The Balaban J connectivity index is 2.15. The van der Waals surface area contributed by atoms with E-state index in [2.05, 4.69) is 49.8 Å². The van der Waals surface area contributed by atoms with E-state index in [4.69, 9.17) is 0 Å². The topological polar surface area (TPSA) is 15.3 Å². The zero-order chi connectivity index (χ0) is 12.0. The van der Waals surface area contributed by atoms with E-state index >= 15 is 0 Å². The van der Waals surface area contributed by atoms with Crippen LogP contribution in [0.1, 0.15) is 33.6 Å². The molecule has 1 aliphatic rings. The first-order chi connectivity index (χ1) is 7.59. The molecule has 0 amide bonds. The Bertz CT molecular complexity index is 179. The molecule has 16 heavy (non-hydrogen) atoms. The maximum Gasteiger partial charge on any atom is 0.0170 e. The van der Waals surface area contributed by atoms with Crippen LogP contribution in [0.5, 0.6) is 0 Å². The van der Waals surface area contributed by atoms with Crippen LogP contribution in [0.4, 0.5) is 0 Å². The summed E-state index contributed by atoms with van der Waals surface area (Å²) in [4.78, 5) is 2.51. The third kappa shape index (κ3) is 5.55. The highest BCUT2D eigenvalue weighted by atomic mass is 32.2. The normalized spacial score (nSPS) is 24.0. The summed E-state index contributed by atoms with van der Waals surface area (Å²) in [6.45, 7) is 9.39. The summed E-state index contributed by atoms with van der Waals surface area (Å²) in [6, 6.07) is 1.46. The van der Waals surface area contributed by atoms with Crippen LogP contribution in [0.15, 0.2) is 0 Å². The first-order valence-electron chi connectivity index (χ1n) is 6.61. The van der Waals surface area contributed by atoms with Crippen LogP contribution in [0, 0.1) is 5.92 Å². The molecule has 1 saturated heterocycles. The van der Waals surface area contributed by atoms with Gasteiger partial charge in [0.05, 0.1) is 0 Å². The van der Waals surface area contributed by atoms with Gasteiger partial charge in [-0.05, 0) is 39.3 Å². The van der Waals surface area contributed by atoms with Gasteiger partial charge in [-0.25, -0.2) is 0 Å². The van der Waals surface area contributed by atoms with Gasteiger partial charge in [-0.15, -0.1) is 0 Å². The highest BCUT2D eigenvalue weighted by molar-refractivity contribution is 7.99. The molecule has 1 heterocycles. The molecule has 0 spiro atoms. The largest absolute Gasteiger partial charge is 0.312 e. The van der Waals surface area contributed by atoms with Crippen molar-refractivity contribution in [1.82, 2.24) is 10.2 Å². The van der Waals surface area contributed by atoms with E-state index < -0.39 is 0 Å². The SMILES string of the molecule is CC(C)CC(C)N(C)CCC1CSCCN1. The fraction of sp³-hybridized carbons (Fsp3) is 1.00. The average Bonchev–Trinajstić information content (AvgIpc) is 2.26. The molecule has 96 valence electrons. The van der Waals surface area contributed by atoms with Gasteiger partial charge in [0, 0.05) is 30.1 Å². The van der Waals surface area contributed by atoms with E-state index in [9.17, 15) is 0 Å². The molecule has 1 aliphatic heterocycles. The molecule has 0 aliphatic carbocycles. The lowest BCUT2D eigenvalue weighted by Gasteiger charge is -2.29. The molecule has 2 nitrogen and oxygen atoms in total. The van der Waals surface area contributed by atoms with Gasteiger partial charge in [-0.3, -0.25) is 0 Å². The maximum absolute atomic E-state index is 3.61. The molecular formula is C13H28N2S. The van der Waals surface area contributed by atoms with E-state index in [1.54, 1.807) is 0 Å². The van der Waals surface area contributed by atoms with Gasteiger partial charge in [0.15, 0.2) is 0 Å². The number of hydrogen-bond acceptors (Lipinski definition) is 3. The summed E-state index contributed by atoms with van der Waals surface area (Å²) in [5, 5.41) is 3.61. The highest BCUT2D eigenvalue weighted by Gasteiger charge is 2.15. The average molecular weight is 244 g/mol. The maximum atomic E-state index is 3.61. The molecule has 2 atom stereocenters.